The maximum atomic E-state index is 12.8. The molecular formula is C32H34N4O4. The number of rotatable bonds is 7. The molecule has 3 heterocycles. The predicted molar refractivity (Wildman–Crippen MR) is 156 cm³/mol. The molecule has 0 spiro atoms. The Morgan fingerprint density at radius 3 is 2.73 bits per heavy atom. The highest BCUT2D eigenvalue weighted by Gasteiger charge is 2.27. The van der Waals surface area contributed by atoms with Crippen molar-refractivity contribution in [2.75, 3.05) is 13.2 Å². The molecule has 0 amide bonds. The van der Waals surface area contributed by atoms with Crippen LogP contribution in [-0.4, -0.2) is 38.6 Å². The first kappa shape index (κ1) is 26.1. The molecule has 8 nitrogen and oxygen atoms in total. The van der Waals surface area contributed by atoms with Crippen molar-refractivity contribution >= 4 is 27.6 Å². The lowest BCUT2D eigenvalue weighted by Gasteiger charge is -2.12. The van der Waals surface area contributed by atoms with Crippen molar-refractivity contribution in [3.63, 3.8) is 0 Å². The van der Waals surface area contributed by atoms with Crippen LogP contribution in [0.4, 0.5) is 0 Å². The number of carboxylic acids is 1. The lowest BCUT2D eigenvalue weighted by Crippen LogP contribution is -2.12. The molecule has 1 aliphatic heterocycles. The average molecular weight is 539 g/mol. The minimum atomic E-state index is -0.913. The number of nitrogens with two attached hydrogens (primary N) is 1. The van der Waals surface area contributed by atoms with Crippen molar-refractivity contribution in [1.82, 2.24) is 14.3 Å². The zero-order valence-electron chi connectivity index (χ0n) is 22.7. The van der Waals surface area contributed by atoms with Crippen molar-refractivity contribution in [2.45, 2.75) is 45.4 Å². The van der Waals surface area contributed by atoms with Gasteiger partial charge < -0.3 is 24.9 Å². The number of nitrogens with zero attached hydrogens (tertiary/aromatic N) is 3. The normalized spacial score (nSPS) is 13.8. The zero-order chi connectivity index (χ0) is 27.6. The van der Waals surface area contributed by atoms with E-state index in [1.165, 1.54) is 0 Å². The van der Waals surface area contributed by atoms with Gasteiger partial charge in [0.1, 0.15) is 11.4 Å². The van der Waals surface area contributed by atoms with Crippen LogP contribution >= 0.6 is 0 Å². The molecule has 3 N–H and O–H groups in total. The van der Waals surface area contributed by atoms with Gasteiger partial charge in [0.05, 0.1) is 30.1 Å². The van der Waals surface area contributed by atoms with Crippen molar-refractivity contribution in [1.29, 1.82) is 0 Å². The molecular weight excluding hydrogens is 504 g/mol. The fraction of sp³-hybridized carbons (Fsp3) is 0.312. The molecule has 0 aliphatic carbocycles. The standard InChI is InChI=1S/C32H34N4O4/c1-35-27-20-39-17-5-4-16-36-30-23(12-7-13-25(30)29(27)26(19-33)34-35)24(31(36)32(37)38)14-8-18-40-28-15-6-10-21-9-2-3-11-22(21)28/h2-3,6-7,9-13,15H,4-5,8,14,16-20,33H2,1H3,(H,37,38). The summed E-state index contributed by atoms with van der Waals surface area (Å²) in [6.07, 6.45) is 2.94. The van der Waals surface area contributed by atoms with Gasteiger partial charge in [0.25, 0.3) is 0 Å². The Labute approximate surface area is 232 Å². The van der Waals surface area contributed by atoms with Crippen LogP contribution < -0.4 is 10.5 Å². The van der Waals surface area contributed by atoms with E-state index >= 15 is 0 Å². The van der Waals surface area contributed by atoms with Crippen LogP contribution in [0.3, 0.4) is 0 Å². The quantitative estimate of drug-likeness (QED) is 0.259. The molecule has 2 aromatic heterocycles. The first-order chi connectivity index (χ1) is 19.6. The third-order valence-corrected chi connectivity index (χ3v) is 7.83. The molecule has 0 bridgehead atoms. The summed E-state index contributed by atoms with van der Waals surface area (Å²) in [7, 11) is 1.91. The summed E-state index contributed by atoms with van der Waals surface area (Å²) in [5.74, 6) is -0.0694. The van der Waals surface area contributed by atoms with E-state index in [1.807, 2.05) is 52.7 Å². The molecule has 6 rings (SSSR count). The van der Waals surface area contributed by atoms with Gasteiger partial charge in [-0.3, -0.25) is 4.68 Å². The Hall–Kier alpha value is -4.14. The summed E-state index contributed by atoms with van der Waals surface area (Å²) in [6.45, 7) is 2.40. The van der Waals surface area contributed by atoms with Gasteiger partial charge in [-0.15, -0.1) is 0 Å². The lowest BCUT2D eigenvalue weighted by atomic mass is 9.98. The number of para-hydroxylation sites is 1. The van der Waals surface area contributed by atoms with E-state index in [0.29, 0.717) is 44.9 Å². The number of carbonyl (C=O) groups is 1. The molecule has 0 saturated carbocycles. The maximum Gasteiger partial charge on any atom is 0.352 e. The second-order valence-corrected chi connectivity index (χ2v) is 10.3. The molecule has 40 heavy (non-hydrogen) atoms. The highest BCUT2D eigenvalue weighted by atomic mass is 16.5. The van der Waals surface area contributed by atoms with Crippen LogP contribution in [0.15, 0.2) is 60.7 Å². The summed E-state index contributed by atoms with van der Waals surface area (Å²) in [5, 5.41) is 18.3. The number of aromatic carboxylic acids is 1. The van der Waals surface area contributed by atoms with Gasteiger partial charge in [-0.2, -0.15) is 5.10 Å². The van der Waals surface area contributed by atoms with Crippen LogP contribution in [0.1, 0.15) is 46.7 Å². The molecule has 5 aromatic rings. The molecule has 0 saturated heterocycles. The number of hydrogen-bond donors (Lipinski definition) is 2. The minimum Gasteiger partial charge on any atom is -0.493 e. The third kappa shape index (κ3) is 4.63. The highest BCUT2D eigenvalue weighted by molar-refractivity contribution is 6.04. The molecule has 1 aliphatic rings. The number of aromatic nitrogens is 3. The predicted octanol–water partition coefficient (Wildman–Crippen LogP) is 5.67. The Bertz CT molecular complexity index is 1700. The van der Waals surface area contributed by atoms with E-state index in [4.69, 9.17) is 15.2 Å². The SMILES string of the molecule is Cn1nc(CN)c2c1COCCCCn1c(C(=O)O)c(CCCOc3cccc4ccccc34)c3cccc-2c31. The Morgan fingerprint density at radius 2 is 1.88 bits per heavy atom. The van der Waals surface area contributed by atoms with E-state index in [-0.39, 0.29) is 6.54 Å². The van der Waals surface area contributed by atoms with Crippen LogP contribution in [-0.2, 0) is 37.9 Å². The molecule has 0 atom stereocenters. The number of hydrogen-bond acceptors (Lipinski definition) is 5. The van der Waals surface area contributed by atoms with Gasteiger partial charge in [-0.1, -0.05) is 54.6 Å². The fourth-order valence-corrected chi connectivity index (χ4v) is 6.04. The van der Waals surface area contributed by atoms with Crippen molar-refractivity contribution < 1.29 is 19.4 Å². The van der Waals surface area contributed by atoms with E-state index in [2.05, 4.69) is 29.4 Å². The second-order valence-electron chi connectivity index (χ2n) is 10.3. The molecule has 3 aromatic carbocycles. The summed E-state index contributed by atoms with van der Waals surface area (Å²) in [5.41, 5.74) is 11.9. The van der Waals surface area contributed by atoms with E-state index in [1.54, 1.807) is 0 Å². The summed E-state index contributed by atoms with van der Waals surface area (Å²) in [6, 6.07) is 20.3. The summed E-state index contributed by atoms with van der Waals surface area (Å²) >= 11 is 0. The van der Waals surface area contributed by atoms with Crippen LogP contribution in [0.2, 0.25) is 0 Å². The maximum absolute atomic E-state index is 12.8. The smallest absolute Gasteiger partial charge is 0.352 e. The highest BCUT2D eigenvalue weighted by Crippen LogP contribution is 2.39. The first-order valence-electron chi connectivity index (χ1n) is 13.9. The minimum absolute atomic E-state index is 0.282. The average Bonchev–Trinajstić information content (AvgIpc) is 3.45. The third-order valence-electron chi connectivity index (χ3n) is 7.83. The Kier molecular flexibility index (Phi) is 7.28. The summed E-state index contributed by atoms with van der Waals surface area (Å²) < 4.78 is 16.0. The molecule has 0 fully saturated rings. The monoisotopic (exact) mass is 538 g/mol. The number of carboxylic acid groups (broad SMARTS) is 1. The van der Waals surface area contributed by atoms with Gasteiger partial charge in [0.15, 0.2) is 0 Å². The molecule has 8 heteroatoms. The molecule has 0 radical (unpaired) electrons. The van der Waals surface area contributed by atoms with Gasteiger partial charge >= 0.3 is 5.97 Å². The first-order valence-corrected chi connectivity index (χ1v) is 13.9. The number of ether oxygens (including phenoxy) is 2. The van der Waals surface area contributed by atoms with Gasteiger partial charge in [-0.25, -0.2) is 4.79 Å². The second kappa shape index (κ2) is 11.2. The number of fused-ring (bicyclic) bond motifs is 3. The van der Waals surface area contributed by atoms with Crippen LogP contribution in [0.25, 0.3) is 32.8 Å². The number of aryl methyl sites for hydroxylation is 3. The van der Waals surface area contributed by atoms with E-state index in [0.717, 1.165) is 68.3 Å². The van der Waals surface area contributed by atoms with Crippen LogP contribution in [0.5, 0.6) is 5.75 Å². The Morgan fingerprint density at radius 1 is 1.07 bits per heavy atom. The zero-order valence-corrected chi connectivity index (χ0v) is 22.7. The van der Waals surface area contributed by atoms with E-state index in [9.17, 15) is 9.90 Å². The Balaban J connectivity index is 1.41. The van der Waals surface area contributed by atoms with E-state index < -0.39 is 5.97 Å². The largest absolute Gasteiger partial charge is 0.493 e. The van der Waals surface area contributed by atoms with Gasteiger partial charge in [-0.05, 0) is 42.7 Å². The summed E-state index contributed by atoms with van der Waals surface area (Å²) in [4.78, 5) is 12.8. The lowest BCUT2D eigenvalue weighted by molar-refractivity contribution is 0.0683. The number of benzene rings is 3. The van der Waals surface area contributed by atoms with Gasteiger partial charge in [0.2, 0.25) is 0 Å². The van der Waals surface area contributed by atoms with Crippen LogP contribution in [0, 0.1) is 0 Å². The fourth-order valence-electron chi connectivity index (χ4n) is 6.04. The topological polar surface area (TPSA) is 105 Å². The van der Waals surface area contributed by atoms with Crippen molar-refractivity contribution in [2.24, 2.45) is 12.8 Å². The molecule has 206 valence electrons. The van der Waals surface area contributed by atoms with Crippen molar-refractivity contribution in [3.05, 3.63) is 83.3 Å². The van der Waals surface area contributed by atoms with Crippen molar-refractivity contribution in [3.8, 4) is 16.9 Å². The molecule has 0 unspecified atom stereocenters. The van der Waals surface area contributed by atoms with Gasteiger partial charge in [0, 0.05) is 48.6 Å².